The molecule has 0 amide bonds. The molecule has 1 aliphatic rings. The van der Waals surface area contributed by atoms with Gasteiger partial charge in [-0.15, -0.1) is 0 Å². The van der Waals surface area contributed by atoms with Crippen LogP contribution in [0.25, 0.3) is 22.1 Å². The summed E-state index contributed by atoms with van der Waals surface area (Å²) in [5.74, 6) is 0. The van der Waals surface area contributed by atoms with E-state index < -0.39 is 30.6 Å². The van der Waals surface area contributed by atoms with Gasteiger partial charge in [-0.05, 0) is 31.4 Å². The lowest BCUT2D eigenvalue weighted by atomic mass is 9.96. The van der Waals surface area contributed by atoms with Crippen LogP contribution in [0.2, 0.25) is 0 Å². The van der Waals surface area contributed by atoms with Gasteiger partial charge in [-0.25, -0.2) is 15.0 Å². The highest BCUT2D eigenvalue weighted by atomic mass is 16.6. The van der Waals surface area contributed by atoms with Crippen LogP contribution in [-0.4, -0.2) is 64.2 Å². The van der Waals surface area contributed by atoms with Crippen molar-refractivity contribution >= 4 is 22.1 Å². The number of imidazole rings is 1. The van der Waals surface area contributed by atoms with Gasteiger partial charge in [0.1, 0.15) is 29.7 Å². The molecule has 5 rings (SSSR count). The van der Waals surface area contributed by atoms with Crippen LogP contribution in [0.4, 0.5) is 0 Å². The average molecular weight is 409 g/mol. The number of aliphatic hydroxyl groups excluding tert-OH is 2. The lowest BCUT2D eigenvalue weighted by molar-refractivity contribution is -0.0950. The number of fused-ring (bicyclic) bond motifs is 2. The van der Waals surface area contributed by atoms with Crippen molar-refractivity contribution < 1.29 is 20.1 Å². The first-order valence-corrected chi connectivity index (χ1v) is 9.89. The third-order valence-corrected chi connectivity index (χ3v) is 5.93. The van der Waals surface area contributed by atoms with Gasteiger partial charge in [-0.2, -0.15) is 0 Å². The van der Waals surface area contributed by atoms with Gasteiger partial charge in [0.25, 0.3) is 0 Å². The average Bonchev–Trinajstić information content (AvgIpc) is 3.42. The second kappa shape index (κ2) is 7.13. The Labute approximate surface area is 172 Å². The monoisotopic (exact) mass is 409 g/mol. The van der Waals surface area contributed by atoms with Crippen molar-refractivity contribution in [1.29, 1.82) is 0 Å². The molecule has 30 heavy (non-hydrogen) atoms. The Kier molecular flexibility index (Phi) is 4.55. The van der Waals surface area contributed by atoms with Crippen LogP contribution in [-0.2, 0) is 17.6 Å². The summed E-state index contributed by atoms with van der Waals surface area (Å²) in [4.78, 5) is 16.5. The number of hydrogen-bond acceptors (Lipinski definition) is 7. The minimum atomic E-state index is -1.60. The Morgan fingerprint density at radius 1 is 1.20 bits per heavy atom. The highest BCUT2D eigenvalue weighted by Crippen LogP contribution is 2.39. The minimum Gasteiger partial charge on any atom is -0.394 e. The molecule has 9 heteroatoms. The Bertz CT molecular complexity index is 1200. The zero-order chi connectivity index (χ0) is 20.9. The van der Waals surface area contributed by atoms with Crippen LogP contribution >= 0.6 is 0 Å². The van der Waals surface area contributed by atoms with Crippen molar-refractivity contribution in [2.45, 2.75) is 43.8 Å². The molecule has 0 saturated carbocycles. The van der Waals surface area contributed by atoms with Crippen molar-refractivity contribution in [3.05, 3.63) is 54.4 Å². The second-order valence-corrected chi connectivity index (χ2v) is 7.88. The number of nitrogens with zero attached hydrogens (tertiary/aromatic N) is 4. The van der Waals surface area contributed by atoms with Gasteiger partial charge in [-0.1, -0.05) is 18.2 Å². The topological polar surface area (TPSA) is 129 Å². The summed E-state index contributed by atoms with van der Waals surface area (Å²) in [5.41, 5.74) is 2.63. The summed E-state index contributed by atoms with van der Waals surface area (Å²) in [6.07, 6.45) is 3.43. The molecule has 0 spiro atoms. The number of H-pyrrole nitrogens is 1. The summed E-state index contributed by atoms with van der Waals surface area (Å²) < 4.78 is 7.29. The maximum Gasteiger partial charge on any atom is 0.168 e. The molecule has 0 unspecified atom stereocenters. The Hall–Kier alpha value is -2.85. The number of aliphatic hydroxyl groups is 3. The first-order valence-electron chi connectivity index (χ1n) is 9.89. The van der Waals surface area contributed by atoms with Crippen LogP contribution in [0.15, 0.2) is 43.1 Å². The summed E-state index contributed by atoms with van der Waals surface area (Å²) in [6.45, 7) is 1.08. The van der Waals surface area contributed by atoms with E-state index in [0.29, 0.717) is 17.6 Å². The van der Waals surface area contributed by atoms with E-state index in [9.17, 15) is 15.3 Å². The summed E-state index contributed by atoms with van der Waals surface area (Å²) in [5, 5.41) is 31.7. The maximum absolute atomic E-state index is 10.8. The predicted octanol–water partition coefficient (Wildman–Crippen LogP) is 1.09. The lowest BCUT2D eigenvalue weighted by Crippen LogP contribution is -2.44. The fourth-order valence-electron chi connectivity index (χ4n) is 4.24. The van der Waals surface area contributed by atoms with Crippen LogP contribution < -0.4 is 0 Å². The normalized spacial score (nSPS) is 26.7. The van der Waals surface area contributed by atoms with Crippen molar-refractivity contribution in [2.24, 2.45) is 0 Å². The van der Waals surface area contributed by atoms with Gasteiger partial charge in [0.2, 0.25) is 0 Å². The molecule has 0 aliphatic carbocycles. The Morgan fingerprint density at radius 3 is 2.83 bits per heavy atom. The smallest absolute Gasteiger partial charge is 0.168 e. The number of hydrogen-bond donors (Lipinski definition) is 4. The maximum atomic E-state index is 10.8. The van der Waals surface area contributed by atoms with Gasteiger partial charge >= 0.3 is 0 Å². The number of aromatic amines is 1. The summed E-state index contributed by atoms with van der Waals surface area (Å²) in [7, 11) is 0. The highest BCUT2D eigenvalue weighted by molar-refractivity contribution is 5.83. The number of rotatable bonds is 5. The number of nitrogens with one attached hydrogen (secondary N) is 1. The third-order valence-electron chi connectivity index (χ3n) is 5.93. The molecule has 0 radical (unpaired) electrons. The van der Waals surface area contributed by atoms with Gasteiger partial charge < -0.3 is 25.0 Å². The molecule has 156 valence electrons. The molecule has 4 atom stereocenters. The summed E-state index contributed by atoms with van der Waals surface area (Å²) in [6, 6.07) is 8.16. The molecule has 1 fully saturated rings. The highest BCUT2D eigenvalue weighted by Gasteiger charge is 2.53. The quantitative estimate of drug-likeness (QED) is 0.388. The number of ether oxygens (including phenoxy) is 1. The zero-order valence-electron chi connectivity index (χ0n) is 16.4. The largest absolute Gasteiger partial charge is 0.394 e. The van der Waals surface area contributed by atoms with Gasteiger partial charge in [0.15, 0.2) is 11.9 Å². The minimum absolute atomic E-state index is 0.398. The molecule has 4 heterocycles. The molecule has 1 aliphatic heterocycles. The molecule has 9 nitrogen and oxygen atoms in total. The van der Waals surface area contributed by atoms with E-state index in [1.807, 2.05) is 24.4 Å². The first-order chi connectivity index (χ1) is 14.5. The molecule has 4 aromatic rings. The number of aryl methyl sites for hydroxylation is 2. The van der Waals surface area contributed by atoms with Crippen molar-refractivity contribution in [3.63, 3.8) is 0 Å². The molecule has 1 saturated heterocycles. The summed E-state index contributed by atoms with van der Waals surface area (Å²) >= 11 is 0. The van der Waals surface area contributed by atoms with E-state index in [1.54, 1.807) is 4.57 Å². The van der Waals surface area contributed by atoms with Gasteiger partial charge in [-0.3, -0.25) is 4.57 Å². The van der Waals surface area contributed by atoms with Gasteiger partial charge in [0, 0.05) is 17.1 Å². The standard InChI is InChI=1S/C21H23N5O4/c1-21(29)18(28)16(9-27)30-20(21)26-11-25-17-15(23-10-24-19(17)26)7-6-12-8-22-14-5-3-2-4-13(12)14/h2-5,8,10-11,16,18,20,22,27-29H,6-7,9H2,1H3/t16-,18-,20-,21-/m1/s1. The van der Waals surface area contributed by atoms with E-state index in [4.69, 9.17) is 4.74 Å². The van der Waals surface area contributed by atoms with E-state index in [1.165, 1.54) is 30.5 Å². The van der Waals surface area contributed by atoms with Crippen LogP contribution in [0, 0.1) is 0 Å². The van der Waals surface area contributed by atoms with E-state index >= 15 is 0 Å². The Morgan fingerprint density at radius 2 is 2.03 bits per heavy atom. The van der Waals surface area contributed by atoms with Crippen LogP contribution in [0.3, 0.4) is 0 Å². The molecular weight excluding hydrogens is 386 g/mol. The SMILES string of the molecule is C[C@@]1(O)[C@H](O)[C@@H](CO)O[C@H]1n1cnc2c(CCc3c[nH]c4ccccc34)ncnc21. The molecule has 1 aromatic carbocycles. The zero-order valence-corrected chi connectivity index (χ0v) is 16.4. The predicted molar refractivity (Wildman–Crippen MR) is 109 cm³/mol. The second-order valence-electron chi connectivity index (χ2n) is 7.88. The van der Waals surface area contributed by atoms with Crippen LogP contribution in [0.5, 0.6) is 0 Å². The molecule has 3 aromatic heterocycles. The molecule has 0 bridgehead atoms. The lowest BCUT2D eigenvalue weighted by Gasteiger charge is -2.27. The Balaban J connectivity index is 1.45. The first kappa shape index (κ1) is 19.1. The number of para-hydroxylation sites is 1. The van der Waals surface area contributed by atoms with Gasteiger partial charge in [0.05, 0.1) is 18.6 Å². The van der Waals surface area contributed by atoms with E-state index in [-0.39, 0.29) is 0 Å². The fourth-order valence-corrected chi connectivity index (χ4v) is 4.24. The van der Waals surface area contributed by atoms with Crippen molar-refractivity contribution in [3.8, 4) is 0 Å². The number of aromatic nitrogens is 5. The van der Waals surface area contributed by atoms with Crippen molar-refractivity contribution in [1.82, 2.24) is 24.5 Å². The van der Waals surface area contributed by atoms with Crippen molar-refractivity contribution in [2.75, 3.05) is 6.61 Å². The number of benzene rings is 1. The molecular formula is C21H23N5O4. The third kappa shape index (κ3) is 2.90. The molecule has 4 N–H and O–H groups in total. The fraction of sp³-hybridized carbons (Fsp3) is 0.381. The van der Waals surface area contributed by atoms with Crippen LogP contribution in [0.1, 0.15) is 24.4 Å². The van der Waals surface area contributed by atoms with E-state index in [0.717, 1.165) is 17.6 Å². The van der Waals surface area contributed by atoms with E-state index in [2.05, 4.69) is 26.0 Å².